The summed E-state index contributed by atoms with van der Waals surface area (Å²) >= 11 is 0. The third kappa shape index (κ3) is 3.51. The number of rotatable bonds is 4. The number of hydrogen-bond acceptors (Lipinski definition) is 1. The second-order valence-electron chi connectivity index (χ2n) is 4.16. The maximum Gasteiger partial charge on any atom is 0.00924 e. The first kappa shape index (κ1) is 10.8. The Bertz CT molecular complexity index is 142. The van der Waals surface area contributed by atoms with Gasteiger partial charge in [0.25, 0.3) is 0 Å². The first-order valence-corrected chi connectivity index (χ1v) is 5.66. The van der Waals surface area contributed by atoms with Crippen LogP contribution in [0, 0.1) is 5.92 Å². The number of nitrogens with one attached hydrogen (secondary N) is 1. The van der Waals surface area contributed by atoms with Crippen molar-refractivity contribution in [2.75, 3.05) is 7.05 Å². The van der Waals surface area contributed by atoms with E-state index in [4.69, 9.17) is 0 Å². The summed E-state index contributed by atoms with van der Waals surface area (Å²) in [5.41, 5.74) is 0. The van der Waals surface area contributed by atoms with Gasteiger partial charge < -0.3 is 5.32 Å². The van der Waals surface area contributed by atoms with E-state index in [1.165, 1.54) is 44.9 Å². The number of hydrogen-bond donors (Lipinski definition) is 1. The van der Waals surface area contributed by atoms with Crippen LogP contribution in [-0.4, -0.2) is 13.1 Å². The van der Waals surface area contributed by atoms with Crippen LogP contribution in [0.15, 0.2) is 12.7 Å². The van der Waals surface area contributed by atoms with Gasteiger partial charge in [0.05, 0.1) is 0 Å². The molecule has 1 heteroatoms. The minimum Gasteiger partial charge on any atom is -0.317 e. The maximum absolute atomic E-state index is 3.80. The van der Waals surface area contributed by atoms with Crippen LogP contribution in [0.5, 0.6) is 0 Å². The largest absolute Gasteiger partial charge is 0.317 e. The molecule has 1 nitrogen and oxygen atoms in total. The average Bonchev–Trinajstić information content (AvgIpc) is 2.39. The van der Waals surface area contributed by atoms with Crippen molar-refractivity contribution in [3.63, 3.8) is 0 Å². The Morgan fingerprint density at radius 2 is 2.08 bits per heavy atom. The summed E-state index contributed by atoms with van der Waals surface area (Å²) in [6, 6.07) is 0.766. The van der Waals surface area contributed by atoms with E-state index < -0.39 is 0 Å². The van der Waals surface area contributed by atoms with Crippen molar-refractivity contribution in [3.8, 4) is 0 Å². The van der Waals surface area contributed by atoms with Gasteiger partial charge in [-0.05, 0) is 38.6 Å². The lowest BCUT2D eigenvalue weighted by atomic mass is 9.90. The topological polar surface area (TPSA) is 12.0 Å². The van der Waals surface area contributed by atoms with Gasteiger partial charge in [-0.15, -0.1) is 6.58 Å². The van der Waals surface area contributed by atoms with Crippen molar-refractivity contribution in [2.45, 2.75) is 51.0 Å². The summed E-state index contributed by atoms with van der Waals surface area (Å²) in [5.74, 6) is 0.894. The molecule has 1 saturated carbocycles. The molecule has 0 aromatic heterocycles. The second-order valence-corrected chi connectivity index (χ2v) is 4.16. The molecule has 1 rings (SSSR count). The highest BCUT2D eigenvalue weighted by atomic mass is 14.9. The second kappa shape index (κ2) is 6.20. The van der Waals surface area contributed by atoms with Crippen molar-refractivity contribution in [3.05, 3.63) is 12.7 Å². The van der Waals surface area contributed by atoms with Crippen LogP contribution in [0.3, 0.4) is 0 Å². The van der Waals surface area contributed by atoms with Gasteiger partial charge in [0.1, 0.15) is 0 Å². The molecule has 0 amide bonds. The van der Waals surface area contributed by atoms with Crippen molar-refractivity contribution in [1.82, 2.24) is 5.32 Å². The Balaban J connectivity index is 2.38. The normalized spacial score (nSPS) is 29.6. The fourth-order valence-electron chi connectivity index (χ4n) is 2.44. The van der Waals surface area contributed by atoms with E-state index in [-0.39, 0.29) is 0 Å². The monoisotopic (exact) mass is 181 g/mol. The highest BCUT2D eigenvalue weighted by Gasteiger charge is 2.20. The summed E-state index contributed by atoms with van der Waals surface area (Å²) < 4.78 is 0. The van der Waals surface area contributed by atoms with Gasteiger partial charge in [-0.3, -0.25) is 0 Å². The molecule has 1 aliphatic rings. The minimum atomic E-state index is 0.766. The van der Waals surface area contributed by atoms with Crippen molar-refractivity contribution < 1.29 is 0 Å². The molecule has 0 heterocycles. The lowest BCUT2D eigenvalue weighted by molar-refractivity contribution is 0.334. The first-order valence-electron chi connectivity index (χ1n) is 5.66. The Morgan fingerprint density at radius 3 is 2.77 bits per heavy atom. The maximum atomic E-state index is 3.80. The highest BCUT2D eigenvalue weighted by molar-refractivity contribution is 4.80. The van der Waals surface area contributed by atoms with Gasteiger partial charge in [-0.25, -0.2) is 0 Å². The molecule has 0 aliphatic heterocycles. The predicted octanol–water partition coefficient (Wildman–Crippen LogP) is 3.12. The third-order valence-corrected chi connectivity index (χ3v) is 3.27. The molecule has 13 heavy (non-hydrogen) atoms. The molecule has 0 aromatic rings. The SMILES string of the molecule is C=CCCC1CCCCCC1NC. The summed E-state index contributed by atoms with van der Waals surface area (Å²) in [6.07, 6.45) is 11.6. The van der Waals surface area contributed by atoms with Crippen LogP contribution < -0.4 is 5.32 Å². The van der Waals surface area contributed by atoms with Gasteiger partial charge in [-0.2, -0.15) is 0 Å². The first-order chi connectivity index (χ1) is 6.38. The van der Waals surface area contributed by atoms with Crippen LogP contribution in [0.1, 0.15) is 44.9 Å². The summed E-state index contributed by atoms with van der Waals surface area (Å²) in [5, 5.41) is 3.47. The lowest BCUT2D eigenvalue weighted by Crippen LogP contribution is -2.32. The van der Waals surface area contributed by atoms with Gasteiger partial charge >= 0.3 is 0 Å². The van der Waals surface area contributed by atoms with Gasteiger partial charge in [0.2, 0.25) is 0 Å². The van der Waals surface area contributed by atoms with E-state index in [0.29, 0.717) is 0 Å². The van der Waals surface area contributed by atoms with Crippen LogP contribution in [0.25, 0.3) is 0 Å². The Kier molecular flexibility index (Phi) is 5.14. The molecule has 0 saturated heterocycles. The Morgan fingerprint density at radius 1 is 1.31 bits per heavy atom. The molecule has 1 fully saturated rings. The van der Waals surface area contributed by atoms with Gasteiger partial charge in [0.15, 0.2) is 0 Å². The average molecular weight is 181 g/mol. The van der Waals surface area contributed by atoms with Crippen molar-refractivity contribution in [1.29, 1.82) is 0 Å². The molecule has 1 N–H and O–H groups in total. The van der Waals surface area contributed by atoms with Crippen LogP contribution >= 0.6 is 0 Å². The quantitative estimate of drug-likeness (QED) is 0.519. The molecule has 2 atom stereocenters. The molecular formula is C12H23N. The minimum absolute atomic E-state index is 0.766. The van der Waals surface area contributed by atoms with Gasteiger partial charge in [-0.1, -0.05) is 25.3 Å². The third-order valence-electron chi connectivity index (χ3n) is 3.27. The van der Waals surface area contributed by atoms with E-state index in [9.17, 15) is 0 Å². The summed E-state index contributed by atoms with van der Waals surface area (Å²) in [4.78, 5) is 0. The smallest absolute Gasteiger partial charge is 0.00924 e. The zero-order valence-corrected chi connectivity index (χ0v) is 8.89. The Hall–Kier alpha value is -0.300. The van der Waals surface area contributed by atoms with Crippen LogP contribution in [0.4, 0.5) is 0 Å². The van der Waals surface area contributed by atoms with E-state index in [1.807, 2.05) is 0 Å². The van der Waals surface area contributed by atoms with E-state index >= 15 is 0 Å². The van der Waals surface area contributed by atoms with Crippen molar-refractivity contribution in [2.24, 2.45) is 5.92 Å². The molecule has 0 bridgehead atoms. The zero-order valence-electron chi connectivity index (χ0n) is 8.89. The molecule has 0 spiro atoms. The lowest BCUT2D eigenvalue weighted by Gasteiger charge is -2.24. The standard InChI is InChI=1S/C12H23N/c1-3-4-8-11-9-6-5-7-10-12(11)13-2/h3,11-13H,1,4-10H2,2H3. The zero-order chi connectivity index (χ0) is 9.52. The van der Waals surface area contributed by atoms with Crippen LogP contribution in [-0.2, 0) is 0 Å². The molecule has 0 radical (unpaired) electrons. The summed E-state index contributed by atoms with van der Waals surface area (Å²) in [6.45, 7) is 3.80. The molecular weight excluding hydrogens is 158 g/mol. The van der Waals surface area contributed by atoms with E-state index in [1.54, 1.807) is 0 Å². The fraction of sp³-hybridized carbons (Fsp3) is 0.833. The predicted molar refractivity (Wildman–Crippen MR) is 58.9 cm³/mol. The molecule has 0 aromatic carbocycles. The van der Waals surface area contributed by atoms with E-state index in [0.717, 1.165) is 12.0 Å². The molecule has 1 aliphatic carbocycles. The highest BCUT2D eigenvalue weighted by Crippen LogP contribution is 2.26. The molecule has 2 unspecified atom stereocenters. The van der Waals surface area contributed by atoms with Crippen LogP contribution in [0.2, 0.25) is 0 Å². The molecule has 76 valence electrons. The van der Waals surface area contributed by atoms with Crippen molar-refractivity contribution >= 4 is 0 Å². The summed E-state index contributed by atoms with van der Waals surface area (Å²) in [7, 11) is 2.11. The van der Waals surface area contributed by atoms with Gasteiger partial charge in [0, 0.05) is 6.04 Å². The fourth-order valence-corrected chi connectivity index (χ4v) is 2.44. The number of allylic oxidation sites excluding steroid dienone is 1. The Labute approximate surface area is 82.6 Å². The van der Waals surface area contributed by atoms with E-state index in [2.05, 4.69) is 25.0 Å².